The molecule has 146 valence electrons. The van der Waals surface area contributed by atoms with E-state index >= 15 is 0 Å². The zero-order valence-electron chi connectivity index (χ0n) is 16.3. The van der Waals surface area contributed by atoms with Gasteiger partial charge in [0.2, 0.25) is 0 Å². The van der Waals surface area contributed by atoms with E-state index in [2.05, 4.69) is 14.9 Å². The van der Waals surface area contributed by atoms with Gasteiger partial charge in [0.15, 0.2) is 0 Å². The quantitative estimate of drug-likeness (QED) is 0.584. The Morgan fingerprint density at radius 3 is 2.57 bits per heavy atom. The molecule has 0 radical (unpaired) electrons. The minimum Gasteiger partial charge on any atom is -0.497 e. The van der Waals surface area contributed by atoms with Crippen molar-refractivity contribution in [3.05, 3.63) is 65.4 Å². The molecule has 2 aromatic heterocycles. The zero-order chi connectivity index (χ0) is 19.9. The molecule has 0 saturated heterocycles. The van der Waals surface area contributed by atoms with Gasteiger partial charge in [0.05, 0.1) is 7.11 Å². The second kappa shape index (κ2) is 9.43. The van der Waals surface area contributed by atoms with E-state index in [4.69, 9.17) is 4.74 Å². The van der Waals surface area contributed by atoms with Gasteiger partial charge in [0, 0.05) is 43.0 Å². The van der Waals surface area contributed by atoms with Crippen LogP contribution in [0.25, 0.3) is 10.6 Å². The van der Waals surface area contributed by atoms with Gasteiger partial charge in [-0.25, -0.2) is 4.98 Å². The molecule has 0 aliphatic heterocycles. The van der Waals surface area contributed by atoms with Crippen LogP contribution in [0.15, 0.2) is 54.2 Å². The number of carbonyl (C=O) groups is 1. The predicted octanol–water partition coefficient (Wildman–Crippen LogP) is 3.42. The summed E-state index contributed by atoms with van der Waals surface area (Å²) in [5.41, 5.74) is 2.44. The largest absolute Gasteiger partial charge is 0.497 e. The standard InChI is InChI=1S/C21H24N4O2S/c1-24(2)11-12-25(14-16-5-4-10-22-13-16)21(26)19-15-28-20(23-19)17-6-8-18(27-3)9-7-17/h4-10,13,15H,11-12,14H2,1-3H3. The smallest absolute Gasteiger partial charge is 0.273 e. The number of nitrogens with zero attached hydrogens (tertiary/aromatic N) is 4. The third-order valence-electron chi connectivity index (χ3n) is 4.26. The van der Waals surface area contributed by atoms with Crippen molar-refractivity contribution in [2.45, 2.75) is 6.54 Å². The van der Waals surface area contributed by atoms with Gasteiger partial charge < -0.3 is 14.5 Å². The molecule has 0 spiro atoms. The van der Waals surface area contributed by atoms with Crippen LogP contribution in [0.5, 0.6) is 5.75 Å². The summed E-state index contributed by atoms with van der Waals surface area (Å²) in [4.78, 5) is 25.7. The van der Waals surface area contributed by atoms with Crippen LogP contribution in [0.2, 0.25) is 0 Å². The van der Waals surface area contributed by atoms with Crippen LogP contribution in [0.1, 0.15) is 16.1 Å². The topological polar surface area (TPSA) is 58.6 Å². The normalized spacial score (nSPS) is 10.9. The predicted molar refractivity (Wildman–Crippen MR) is 112 cm³/mol. The SMILES string of the molecule is COc1ccc(-c2nc(C(=O)N(CCN(C)C)Cc3cccnc3)cs2)cc1. The molecule has 3 aromatic rings. The number of aromatic nitrogens is 2. The van der Waals surface area contributed by atoms with Crippen molar-refractivity contribution in [2.75, 3.05) is 34.3 Å². The summed E-state index contributed by atoms with van der Waals surface area (Å²) in [6.07, 6.45) is 3.52. The van der Waals surface area contributed by atoms with Crippen LogP contribution in [-0.4, -0.2) is 60.0 Å². The van der Waals surface area contributed by atoms with E-state index in [1.54, 1.807) is 19.5 Å². The summed E-state index contributed by atoms with van der Waals surface area (Å²) in [6, 6.07) is 11.5. The van der Waals surface area contributed by atoms with Gasteiger partial charge in [-0.1, -0.05) is 6.07 Å². The molecular weight excluding hydrogens is 372 g/mol. The Balaban J connectivity index is 1.78. The summed E-state index contributed by atoms with van der Waals surface area (Å²) >= 11 is 1.47. The lowest BCUT2D eigenvalue weighted by molar-refractivity contribution is 0.0727. The molecule has 0 atom stereocenters. The Hall–Kier alpha value is -2.77. The number of methoxy groups -OCH3 is 1. The molecule has 1 amide bonds. The van der Waals surface area contributed by atoms with E-state index in [0.717, 1.165) is 28.4 Å². The maximum Gasteiger partial charge on any atom is 0.273 e. The van der Waals surface area contributed by atoms with E-state index in [1.165, 1.54) is 11.3 Å². The maximum atomic E-state index is 13.1. The van der Waals surface area contributed by atoms with Crippen molar-refractivity contribution in [3.63, 3.8) is 0 Å². The number of benzene rings is 1. The lowest BCUT2D eigenvalue weighted by Crippen LogP contribution is -2.36. The lowest BCUT2D eigenvalue weighted by atomic mass is 10.2. The summed E-state index contributed by atoms with van der Waals surface area (Å²) in [6.45, 7) is 1.91. The van der Waals surface area contributed by atoms with E-state index in [-0.39, 0.29) is 5.91 Å². The summed E-state index contributed by atoms with van der Waals surface area (Å²) < 4.78 is 5.20. The van der Waals surface area contributed by atoms with E-state index in [9.17, 15) is 4.79 Å². The van der Waals surface area contributed by atoms with Crippen molar-refractivity contribution >= 4 is 17.2 Å². The number of hydrogen-bond donors (Lipinski definition) is 0. The van der Waals surface area contributed by atoms with Crippen LogP contribution < -0.4 is 4.74 Å². The summed E-state index contributed by atoms with van der Waals surface area (Å²) in [7, 11) is 5.63. The fraction of sp³-hybridized carbons (Fsp3) is 0.286. The highest BCUT2D eigenvalue weighted by Gasteiger charge is 2.20. The molecule has 0 aliphatic carbocycles. The average Bonchev–Trinajstić information content (AvgIpc) is 3.21. The van der Waals surface area contributed by atoms with Gasteiger partial charge in [-0.2, -0.15) is 0 Å². The van der Waals surface area contributed by atoms with Gasteiger partial charge in [0.25, 0.3) is 5.91 Å². The highest BCUT2D eigenvalue weighted by molar-refractivity contribution is 7.13. The maximum absolute atomic E-state index is 13.1. The van der Waals surface area contributed by atoms with Gasteiger partial charge >= 0.3 is 0 Å². The first-order valence-electron chi connectivity index (χ1n) is 8.99. The zero-order valence-corrected chi connectivity index (χ0v) is 17.1. The molecule has 7 heteroatoms. The molecule has 0 fully saturated rings. The van der Waals surface area contributed by atoms with E-state index < -0.39 is 0 Å². The molecule has 3 rings (SSSR count). The monoisotopic (exact) mass is 396 g/mol. The first-order chi connectivity index (χ1) is 13.6. The molecule has 0 aliphatic rings. The van der Waals surface area contributed by atoms with Crippen LogP contribution in [0.4, 0.5) is 0 Å². The first kappa shape index (κ1) is 20.0. The summed E-state index contributed by atoms with van der Waals surface area (Å²) in [5.74, 6) is 0.727. The minimum absolute atomic E-state index is 0.0679. The number of thiazole rings is 1. The second-order valence-electron chi connectivity index (χ2n) is 6.66. The van der Waals surface area contributed by atoms with Crippen molar-refractivity contribution < 1.29 is 9.53 Å². The molecule has 6 nitrogen and oxygen atoms in total. The molecule has 0 bridgehead atoms. The third kappa shape index (κ3) is 5.15. The summed E-state index contributed by atoms with van der Waals surface area (Å²) in [5, 5.41) is 2.65. The lowest BCUT2D eigenvalue weighted by Gasteiger charge is -2.23. The number of amides is 1. The van der Waals surface area contributed by atoms with Gasteiger partial charge in [-0.05, 0) is 50.0 Å². The molecular formula is C21H24N4O2S. The van der Waals surface area contributed by atoms with Crippen LogP contribution >= 0.6 is 11.3 Å². The van der Waals surface area contributed by atoms with Crippen molar-refractivity contribution in [1.82, 2.24) is 19.8 Å². The molecule has 1 aromatic carbocycles. The van der Waals surface area contributed by atoms with Crippen LogP contribution in [-0.2, 0) is 6.54 Å². The van der Waals surface area contributed by atoms with Crippen LogP contribution in [0, 0.1) is 0 Å². The molecule has 0 saturated carbocycles. The Labute approximate surface area is 169 Å². The van der Waals surface area contributed by atoms with Crippen LogP contribution in [0.3, 0.4) is 0 Å². The van der Waals surface area contributed by atoms with E-state index in [1.807, 2.05) is 60.8 Å². The Kier molecular flexibility index (Phi) is 6.73. The molecule has 28 heavy (non-hydrogen) atoms. The Morgan fingerprint density at radius 1 is 1.14 bits per heavy atom. The Bertz CT molecular complexity index is 894. The van der Waals surface area contributed by atoms with Crippen molar-refractivity contribution in [2.24, 2.45) is 0 Å². The van der Waals surface area contributed by atoms with E-state index in [0.29, 0.717) is 18.8 Å². The Morgan fingerprint density at radius 2 is 1.93 bits per heavy atom. The second-order valence-corrected chi connectivity index (χ2v) is 7.52. The van der Waals surface area contributed by atoms with Gasteiger partial charge in [0.1, 0.15) is 16.5 Å². The third-order valence-corrected chi connectivity index (χ3v) is 5.15. The highest BCUT2D eigenvalue weighted by Crippen LogP contribution is 2.26. The molecule has 2 heterocycles. The number of ether oxygens (including phenoxy) is 1. The van der Waals surface area contributed by atoms with Crippen molar-refractivity contribution in [3.8, 4) is 16.3 Å². The number of carbonyl (C=O) groups excluding carboxylic acids is 1. The number of rotatable bonds is 8. The number of likely N-dealkylation sites (N-methyl/N-ethyl adjacent to an activating group) is 1. The number of hydrogen-bond acceptors (Lipinski definition) is 6. The minimum atomic E-state index is -0.0679. The average molecular weight is 397 g/mol. The molecule has 0 unspecified atom stereocenters. The van der Waals surface area contributed by atoms with Crippen molar-refractivity contribution in [1.29, 1.82) is 0 Å². The number of pyridine rings is 1. The van der Waals surface area contributed by atoms with Gasteiger partial charge in [-0.15, -0.1) is 11.3 Å². The molecule has 0 N–H and O–H groups in total. The fourth-order valence-corrected chi connectivity index (χ4v) is 3.49. The highest BCUT2D eigenvalue weighted by atomic mass is 32.1. The van der Waals surface area contributed by atoms with Gasteiger partial charge in [-0.3, -0.25) is 9.78 Å². The fourth-order valence-electron chi connectivity index (χ4n) is 2.69. The first-order valence-corrected chi connectivity index (χ1v) is 9.87.